The third-order valence-corrected chi connectivity index (χ3v) is 4.92. The van der Waals surface area contributed by atoms with E-state index in [0.717, 1.165) is 31.7 Å². The van der Waals surface area contributed by atoms with Gasteiger partial charge in [-0.15, -0.1) is 0 Å². The van der Waals surface area contributed by atoms with Crippen LogP contribution in [0.5, 0.6) is 0 Å². The maximum Gasteiger partial charge on any atom is 0.224 e. The Bertz CT molecular complexity index is 743. The Morgan fingerprint density at radius 3 is 2.30 bits per heavy atom. The monoisotopic (exact) mass is 366 g/mol. The van der Waals surface area contributed by atoms with Gasteiger partial charge in [0.05, 0.1) is 0 Å². The van der Waals surface area contributed by atoms with Gasteiger partial charge in [0.1, 0.15) is 0 Å². The second kappa shape index (κ2) is 9.16. The number of nitrogens with zero attached hydrogens (tertiary/aromatic N) is 4. The van der Waals surface area contributed by atoms with Gasteiger partial charge in [-0.1, -0.05) is 18.2 Å². The third kappa shape index (κ3) is 5.29. The Kier molecular flexibility index (Phi) is 6.41. The number of hydrogen-bond donors (Lipinski definition) is 0. The van der Waals surface area contributed by atoms with Crippen LogP contribution < -0.4 is 4.90 Å². The van der Waals surface area contributed by atoms with E-state index in [0.29, 0.717) is 19.5 Å². The molecule has 0 radical (unpaired) electrons. The molecule has 0 saturated carbocycles. The Labute approximate surface area is 160 Å². The number of carbonyl (C=O) groups is 2. The highest BCUT2D eigenvalue weighted by Crippen LogP contribution is 2.16. The molecule has 1 aliphatic rings. The van der Waals surface area contributed by atoms with Gasteiger partial charge < -0.3 is 14.7 Å². The molecule has 1 aliphatic heterocycles. The smallest absolute Gasteiger partial charge is 0.224 e. The van der Waals surface area contributed by atoms with Crippen molar-refractivity contribution in [2.75, 3.05) is 37.6 Å². The van der Waals surface area contributed by atoms with Crippen LogP contribution in [0.1, 0.15) is 18.9 Å². The number of anilines is 1. The summed E-state index contributed by atoms with van der Waals surface area (Å²) >= 11 is 0. The van der Waals surface area contributed by atoms with E-state index < -0.39 is 0 Å². The van der Waals surface area contributed by atoms with Crippen LogP contribution in [-0.4, -0.2) is 59.3 Å². The van der Waals surface area contributed by atoms with E-state index in [9.17, 15) is 9.59 Å². The highest BCUT2D eigenvalue weighted by atomic mass is 16.2. The van der Waals surface area contributed by atoms with Crippen molar-refractivity contribution in [2.24, 2.45) is 0 Å². The van der Waals surface area contributed by atoms with E-state index in [1.54, 1.807) is 24.2 Å². The van der Waals surface area contributed by atoms with Gasteiger partial charge in [-0.05, 0) is 29.8 Å². The minimum atomic E-state index is -0.0199. The van der Waals surface area contributed by atoms with Crippen molar-refractivity contribution in [1.29, 1.82) is 0 Å². The number of aromatic nitrogens is 1. The maximum atomic E-state index is 12.6. The molecule has 0 N–H and O–H groups in total. The normalized spacial score (nSPS) is 14.1. The molecule has 142 valence electrons. The lowest BCUT2D eigenvalue weighted by Crippen LogP contribution is -2.49. The van der Waals surface area contributed by atoms with Gasteiger partial charge in [0.15, 0.2) is 0 Å². The molecular weight excluding hydrogens is 340 g/mol. The fraction of sp³-hybridized carbons (Fsp3) is 0.381. The number of para-hydroxylation sites is 1. The van der Waals surface area contributed by atoms with Gasteiger partial charge in [0, 0.05) is 70.7 Å². The summed E-state index contributed by atoms with van der Waals surface area (Å²) in [6.07, 6.45) is 3.78. The Balaban J connectivity index is 1.48. The van der Waals surface area contributed by atoms with Crippen LogP contribution in [0, 0.1) is 0 Å². The highest BCUT2D eigenvalue weighted by Gasteiger charge is 2.22. The molecular formula is C21H26N4O2. The first-order chi connectivity index (χ1) is 13.1. The minimum absolute atomic E-state index is 0.0199. The number of benzene rings is 1. The van der Waals surface area contributed by atoms with Gasteiger partial charge in [0.25, 0.3) is 0 Å². The summed E-state index contributed by atoms with van der Waals surface area (Å²) in [5.41, 5.74) is 2.22. The van der Waals surface area contributed by atoms with Crippen LogP contribution in [0.25, 0.3) is 0 Å². The second-order valence-corrected chi connectivity index (χ2v) is 6.75. The molecule has 6 nitrogen and oxygen atoms in total. The summed E-state index contributed by atoms with van der Waals surface area (Å²) in [7, 11) is 0. The van der Waals surface area contributed by atoms with E-state index >= 15 is 0 Å². The predicted octanol–water partition coefficient (Wildman–Crippen LogP) is 2.17. The molecule has 27 heavy (non-hydrogen) atoms. The zero-order valence-corrected chi connectivity index (χ0v) is 15.8. The van der Waals surface area contributed by atoms with Crippen molar-refractivity contribution in [3.05, 3.63) is 60.4 Å². The largest absolute Gasteiger partial charge is 0.368 e. The number of hydrogen-bond acceptors (Lipinski definition) is 4. The molecule has 0 atom stereocenters. The molecule has 0 aliphatic carbocycles. The highest BCUT2D eigenvalue weighted by molar-refractivity contribution is 5.78. The lowest BCUT2D eigenvalue weighted by molar-refractivity contribution is -0.134. The topological polar surface area (TPSA) is 56.8 Å². The first-order valence-electron chi connectivity index (χ1n) is 9.35. The summed E-state index contributed by atoms with van der Waals surface area (Å²) in [5, 5.41) is 0. The van der Waals surface area contributed by atoms with Crippen LogP contribution >= 0.6 is 0 Å². The molecule has 1 aromatic heterocycles. The summed E-state index contributed by atoms with van der Waals surface area (Å²) in [6, 6.07) is 14.1. The summed E-state index contributed by atoms with van der Waals surface area (Å²) < 4.78 is 0. The lowest BCUT2D eigenvalue weighted by atomic mass is 10.2. The molecule has 1 aromatic carbocycles. The quantitative estimate of drug-likeness (QED) is 0.786. The number of rotatable bonds is 6. The average molecular weight is 366 g/mol. The SMILES string of the molecule is CC(=O)N(CCC(=O)N1CCN(c2ccccc2)CC1)Cc1ccncc1. The zero-order chi connectivity index (χ0) is 19.1. The predicted molar refractivity (Wildman–Crippen MR) is 105 cm³/mol. The van der Waals surface area contributed by atoms with E-state index in [2.05, 4.69) is 22.0 Å². The van der Waals surface area contributed by atoms with Gasteiger partial charge in [-0.25, -0.2) is 0 Å². The van der Waals surface area contributed by atoms with Crippen molar-refractivity contribution in [1.82, 2.24) is 14.8 Å². The van der Waals surface area contributed by atoms with Gasteiger partial charge in [-0.2, -0.15) is 0 Å². The molecule has 3 rings (SSSR count). The molecule has 0 bridgehead atoms. The summed E-state index contributed by atoms with van der Waals surface area (Å²) in [5.74, 6) is 0.0946. The van der Waals surface area contributed by atoms with Crippen molar-refractivity contribution >= 4 is 17.5 Å². The molecule has 1 fully saturated rings. The van der Waals surface area contributed by atoms with E-state index in [1.165, 1.54) is 5.69 Å². The number of piperazine rings is 1. The molecule has 0 unspecified atom stereocenters. The van der Waals surface area contributed by atoms with Gasteiger partial charge in [-0.3, -0.25) is 14.6 Å². The summed E-state index contributed by atoms with van der Waals surface area (Å²) in [4.78, 5) is 34.4. The standard InChI is InChI=1S/C21H26N4O2/c1-18(26)25(17-19-7-10-22-11-8-19)12-9-21(27)24-15-13-23(14-16-24)20-5-3-2-4-6-20/h2-8,10-11H,9,12-17H2,1H3. The van der Waals surface area contributed by atoms with E-state index in [-0.39, 0.29) is 11.8 Å². The molecule has 6 heteroatoms. The van der Waals surface area contributed by atoms with Crippen molar-refractivity contribution in [3.63, 3.8) is 0 Å². The first-order valence-corrected chi connectivity index (χ1v) is 9.35. The van der Waals surface area contributed by atoms with E-state index in [4.69, 9.17) is 0 Å². The molecule has 0 spiro atoms. The molecule has 2 aromatic rings. The molecule has 1 saturated heterocycles. The number of amides is 2. The third-order valence-electron chi connectivity index (χ3n) is 4.92. The van der Waals surface area contributed by atoms with Gasteiger partial charge in [0.2, 0.25) is 11.8 Å². The Morgan fingerprint density at radius 1 is 1.00 bits per heavy atom. The minimum Gasteiger partial charge on any atom is -0.368 e. The fourth-order valence-corrected chi connectivity index (χ4v) is 3.30. The molecule has 2 amide bonds. The zero-order valence-electron chi connectivity index (χ0n) is 15.8. The van der Waals surface area contributed by atoms with Crippen LogP contribution in [0.3, 0.4) is 0 Å². The maximum absolute atomic E-state index is 12.6. The fourth-order valence-electron chi connectivity index (χ4n) is 3.30. The van der Waals surface area contributed by atoms with Crippen molar-refractivity contribution in [2.45, 2.75) is 19.9 Å². The van der Waals surface area contributed by atoms with Gasteiger partial charge >= 0.3 is 0 Å². The van der Waals surface area contributed by atoms with E-state index in [1.807, 2.05) is 35.2 Å². The van der Waals surface area contributed by atoms with Crippen LogP contribution in [-0.2, 0) is 16.1 Å². The number of carbonyl (C=O) groups excluding carboxylic acids is 2. The Hall–Kier alpha value is -2.89. The van der Waals surface area contributed by atoms with Crippen molar-refractivity contribution < 1.29 is 9.59 Å². The summed E-state index contributed by atoms with van der Waals surface area (Å²) in [6.45, 7) is 5.61. The Morgan fingerprint density at radius 2 is 1.67 bits per heavy atom. The second-order valence-electron chi connectivity index (χ2n) is 6.75. The lowest BCUT2D eigenvalue weighted by Gasteiger charge is -2.36. The van der Waals surface area contributed by atoms with Crippen LogP contribution in [0.15, 0.2) is 54.9 Å². The first kappa shape index (κ1) is 18.9. The average Bonchev–Trinajstić information content (AvgIpc) is 2.72. The molecule has 2 heterocycles. The van der Waals surface area contributed by atoms with Crippen LogP contribution in [0.4, 0.5) is 5.69 Å². The van der Waals surface area contributed by atoms with Crippen LogP contribution in [0.2, 0.25) is 0 Å². The van der Waals surface area contributed by atoms with Crippen molar-refractivity contribution in [3.8, 4) is 0 Å². The number of pyridine rings is 1.